The maximum Gasteiger partial charge on any atom is 0.174 e. The summed E-state index contributed by atoms with van der Waals surface area (Å²) in [6.07, 6.45) is 4.31. The van der Waals surface area contributed by atoms with E-state index < -0.39 is 0 Å². The fraction of sp³-hybridized carbons (Fsp3) is 0.667. The molecule has 4 heteroatoms. The zero-order valence-electron chi connectivity index (χ0n) is 9.41. The molecule has 0 spiro atoms. The molecule has 2 atom stereocenters. The van der Waals surface area contributed by atoms with Gasteiger partial charge >= 0.3 is 0 Å². The zero-order chi connectivity index (χ0) is 11.1. The second-order valence-electron chi connectivity index (χ2n) is 4.77. The molecule has 0 N–H and O–H groups in total. The number of rotatable bonds is 1. The lowest BCUT2D eigenvalue weighted by Gasteiger charge is -2.27. The summed E-state index contributed by atoms with van der Waals surface area (Å²) in [6, 6.07) is 0. The fourth-order valence-electron chi connectivity index (χ4n) is 2.92. The largest absolute Gasteiger partial charge is 0.455 e. The van der Waals surface area contributed by atoms with E-state index in [0.717, 1.165) is 24.4 Å². The molecule has 1 aromatic rings. The molecular weight excluding hydrogens is 270 g/mol. The van der Waals surface area contributed by atoms with Crippen LogP contribution in [0.2, 0.25) is 0 Å². The van der Waals surface area contributed by atoms with Crippen molar-refractivity contribution >= 4 is 21.6 Å². The van der Waals surface area contributed by atoms with E-state index in [1.54, 1.807) is 0 Å². The quantitative estimate of drug-likeness (QED) is 0.793. The van der Waals surface area contributed by atoms with Crippen LogP contribution in [0.1, 0.15) is 24.3 Å². The number of fused-ring (bicyclic) bond motifs is 1. The van der Waals surface area contributed by atoms with Crippen LogP contribution in [0.4, 0.5) is 5.69 Å². The summed E-state index contributed by atoms with van der Waals surface area (Å²) in [5.74, 6) is 1.21. The summed E-state index contributed by atoms with van der Waals surface area (Å²) in [5, 5.41) is 0. The molecule has 2 aliphatic rings. The van der Waals surface area contributed by atoms with Gasteiger partial charge in [0.15, 0.2) is 4.67 Å². The Morgan fingerprint density at radius 2 is 2.38 bits per heavy atom. The Balaban J connectivity index is 1.89. The van der Waals surface area contributed by atoms with Crippen molar-refractivity contribution in [1.29, 1.82) is 0 Å². The Labute approximate surface area is 104 Å². The van der Waals surface area contributed by atoms with Gasteiger partial charge in [-0.2, -0.15) is 0 Å². The topological polar surface area (TPSA) is 25.6 Å². The van der Waals surface area contributed by atoms with E-state index in [0.29, 0.717) is 11.8 Å². The lowest BCUT2D eigenvalue weighted by molar-refractivity contribution is 0.0457. The van der Waals surface area contributed by atoms with Crippen LogP contribution in [0.3, 0.4) is 0 Å². The molecule has 0 aliphatic carbocycles. The summed E-state index contributed by atoms with van der Waals surface area (Å²) >= 11 is 3.52. The highest BCUT2D eigenvalue weighted by Gasteiger charge is 2.37. The number of furan rings is 1. The maximum absolute atomic E-state index is 5.60. The molecule has 2 unspecified atom stereocenters. The van der Waals surface area contributed by atoms with Crippen molar-refractivity contribution < 1.29 is 9.15 Å². The molecule has 88 valence electrons. The van der Waals surface area contributed by atoms with Gasteiger partial charge in [0, 0.05) is 31.7 Å². The number of anilines is 1. The van der Waals surface area contributed by atoms with Gasteiger partial charge in [0.25, 0.3) is 0 Å². The Kier molecular flexibility index (Phi) is 2.72. The van der Waals surface area contributed by atoms with Crippen LogP contribution in [0.25, 0.3) is 0 Å². The predicted octanol–water partition coefficient (Wildman–Crippen LogP) is 3.00. The molecule has 0 amide bonds. The van der Waals surface area contributed by atoms with E-state index in [-0.39, 0.29) is 0 Å². The van der Waals surface area contributed by atoms with Gasteiger partial charge in [-0.3, -0.25) is 0 Å². The fourth-order valence-corrected chi connectivity index (χ4v) is 3.51. The molecule has 0 aromatic carbocycles. The van der Waals surface area contributed by atoms with E-state index in [1.807, 2.05) is 6.26 Å². The monoisotopic (exact) mass is 285 g/mol. The van der Waals surface area contributed by atoms with Gasteiger partial charge in [-0.1, -0.05) is 0 Å². The second-order valence-corrected chi connectivity index (χ2v) is 5.49. The molecule has 3 heterocycles. The van der Waals surface area contributed by atoms with Crippen molar-refractivity contribution in [1.82, 2.24) is 0 Å². The summed E-state index contributed by atoms with van der Waals surface area (Å²) in [4.78, 5) is 2.28. The third-order valence-electron chi connectivity index (χ3n) is 3.78. The Morgan fingerprint density at radius 3 is 3.12 bits per heavy atom. The molecule has 3 rings (SSSR count). The molecule has 3 nitrogen and oxygen atoms in total. The first-order chi connectivity index (χ1) is 7.77. The maximum atomic E-state index is 5.60. The van der Waals surface area contributed by atoms with Crippen molar-refractivity contribution in [2.75, 3.05) is 31.7 Å². The van der Waals surface area contributed by atoms with E-state index in [1.165, 1.54) is 24.1 Å². The van der Waals surface area contributed by atoms with Crippen LogP contribution in [-0.4, -0.2) is 26.8 Å². The first-order valence-electron chi connectivity index (χ1n) is 5.83. The van der Waals surface area contributed by atoms with Crippen LogP contribution in [0, 0.1) is 5.92 Å². The van der Waals surface area contributed by atoms with Crippen LogP contribution in [0.15, 0.2) is 15.3 Å². The van der Waals surface area contributed by atoms with Gasteiger partial charge in [-0.05, 0) is 34.7 Å². The molecule has 16 heavy (non-hydrogen) atoms. The van der Waals surface area contributed by atoms with Gasteiger partial charge in [-0.25, -0.2) is 0 Å². The van der Waals surface area contributed by atoms with Crippen molar-refractivity contribution in [3.63, 3.8) is 0 Å². The number of halogens is 1. The van der Waals surface area contributed by atoms with Crippen molar-refractivity contribution in [3.8, 4) is 0 Å². The first kappa shape index (κ1) is 10.7. The number of hydrogen-bond acceptors (Lipinski definition) is 3. The van der Waals surface area contributed by atoms with Crippen molar-refractivity contribution in [3.05, 3.63) is 16.5 Å². The van der Waals surface area contributed by atoms with Gasteiger partial charge in [0.1, 0.15) is 6.26 Å². The summed E-state index contributed by atoms with van der Waals surface area (Å²) in [5.41, 5.74) is 2.58. The van der Waals surface area contributed by atoms with E-state index in [9.17, 15) is 0 Å². The van der Waals surface area contributed by atoms with Gasteiger partial charge in [0.05, 0.1) is 12.3 Å². The lowest BCUT2D eigenvalue weighted by atomic mass is 9.85. The molecule has 0 bridgehead atoms. The highest BCUT2D eigenvalue weighted by Crippen LogP contribution is 2.46. The Bertz CT molecular complexity index is 384. The third kappa shape index (κ3) is 1.59. The summed E-state index contributed by atoms with van der Waals surface area (Å²) in [6.45, 7) is 2.92. The minimum absolute atomic E-state index is 0.563. The standard InChI is InChI=1S/C12H16BrNO2/c1-14-5-9(8-3-2-4-15-6-8)11-10(14)7-16-12(11)13/h7-9H,2-6H2,1H3. The smallest absolute Gasteiger partial charge is 0.174 e. The van der Waals surface area contributed by atoms with Crippen molar-refractivity contribution in [2.24, 2.45) is 5.92 Å². The average molecular weight is 286 g/mol. The number of hydrogen-bond donors (Lipinski definition) is 0. The minimum atomic E-state index is 0.563. The van der Waals surface area contributed by atoms with Gasteiger partial charge in [0.2, 0.25) is 0 Å². The number of nitrogens with zero attached hydrogens (tertiary/aromatic N) is 1. The van der Waals surface area contributed by atoms with Crippen LogP contribution in [0.5, 0.6) is 0 Å². The first-order valence-corrected chi connectivity index (χ1v) is 6.62. The van der Waals surface area contributed by atoms with Gasteiger partial charge < -0.3 is 14.1 Å². The summed E-state index contributed by atoms with van der Waals surface area (Å²) < 4.78 is 12.0. The molecule has 1 fully saturated rings. The van der Waals surface area contributed by atoms with Crippen molar-refractivity contribution in [2.45, 2.75) is 18.8 Å². The average Bonchev–Trinajstić information content (AvgIpc) is 2.83. The highest BCUT2D eigenvalue weighted by atomic mass is 79.9. The van der Waals surface area contributed by atoms with Gasteiger partial charge in [-0.15, -0.1) is 0 Å². The van der Waals surface area contributed by atoms with E-state index >= 15 is 0 Å². The van der Waals surface area contributed by atoms with Crippen LogP contribution < -0.4 is 4.90 Å². The van der Waals surface area contributed by atoms with E-state index in [4.69, 9.17) is 9.15 Å². The summed E-state index contributed by atoms with van der Waals surface area (Å²) in [7, 11) is 2.13. The third-order valence-corrected chi connectivity index (χ3v) is 4.39. The molecule has 2 aliphatic heterocycles. The Morgan fingerprint density at radius 1 is 1.50 bits per heavy atom. The van der Waals surface area contributed by atoms with Crippen LogP contribution >= 0.6 is 15.9 Å². The molecule has 0 saturated carbocycles. The Hall–Kier alpha value is -0.480. The van der Waals surface area contributed by atoms with E-state index in [2.05, 4.69) is 27.9 Å². The normalized spacial score (nSPS) is 29.5. The van der Waals surface area contributed by atoms with Crippen LogP contribution in [-0.2, 0) is 4.74 Å². The zero-order valence-corrected chi connectivity index (χ0v) is 11.0. The molecule has 1 aromatic heterocycles. The molecule has 0 radical (unpaired) electrons. The SMILES string of the molecule is CN1CC(C2CCCOC2)c2c1coc2Br. The number of ether oxygens (including phenoxy) is 1. The number of likely N-dealkylation sites (N-methyl/N-ethyl adjacent to an activating group) is 1. The highest BCUT2D eigenvalue weighted by molar-refractivity contribution is 9.10. The lowest BCUT2D eigenvalue weighted by Crippen LogP contribution is -2.27. The second kappa shape index (κ2) is 4.08. The molecular formula is C12H16BrNO2. The molecule has 1 saturated heterocycles. The minimum Gasteiger partial charge on any atom is -0.455 e. The predicted molar refractivity (Wildman–Crippen MR) is 66.0 cm³/mol.